The minimum Gasteiger partial charge on any atom is -0.469 e. The fourth-order valence-corrected chi connectivity index (χ4v) is 1.89. The Labute approximate surface area is 155 Å². The van der Waals surface area contributed by atoms with Gasteiger partial charge < -0.3 is 19.5 Å². The fourth-order valence-electron chi connectivity index (χ4n) is 1.89. The molecule has 0 aromatic heterocycles. The number of ether oxygens (including phenoxy) is 3. The van der Waals surface area contributed by atoms with Crippen LogP contribution in [0.25, 0.3) is 0 Å². The third kappa shape index (κ3) is 8.17. The lowest BCUT2D eigenvalue weighted by molar-refractivity contribution is -0.384. The molecule has 1 N–H and O–H groups in total. The highest BCUT2D eigenvalue weighted by atomic mass is 16.6. The molecule has 0 bridgehead atoms. The first-order valence-electron chi connectivity index (χ1n) is 8.04. The zero-order valence-electron chi connectivity index (χ0n) is 15.5. The Morgan fingerprint density at radius 2 is 1.78 bits per heavy atom. The van der Waals surface area contributed by atoms with Gasteiger partial charge in [0.2, 0.25) is 0 Å². The molecule has 1 aromatic carbocycles. The van der Waals surface area contributed by atoms with Crippen molar-refractivity contribution in [3.8, 4) is 5.75 Å². The number of alkyl carbamates (subject to hydrolysis) is 1. The van der Waals surface area contributed by atoms with Crippen LogP contribution in [0, 0.1) is 10.1 Å². The topological polar surface area (TPSA) is 134 Å². The molecule has 1 atom stereocenters. The number of benzene rings is 1. The predicted molar refractivity (Wildman–Crippen MR) is 93.1 cm³/mol. The molecule has 1 amide bonds. The molecule has 0 saturated heterocycles. The van der Waals surface area contributed by atoms with Gasteiger partial charge in [0.15, 0.2) is 0 Å². The number of carbonyl (C=O) groups excluding carboxylic acids is 3. The first-order chi connectivity index (χ1) is 12.5. The third-order valence-corrected chi connectivity index (χ3v) is 3.11. The number of methoxy groups -OCH3 is 1. The second-order valence-electron chi connectivity index (χ2n) is 6.49. The van der Waals surface area contributed by atoms with E-state index < -0.39 is 34.6 Å². The maximum absolute atomic E-state index is 12.4. The van der Waals surface area contributed by atoms with E-state index >= 15 is 0 Å². The van der Waals surface area contributed by atoms with Gasteiger partial charge in [0, 0.05) is 18.6 Å². The van der Waals surface area contributed by atoms with Crippen LogP contribution in [-0.4, -0.2) is 41.7 Å². The molecule has 0 saturated carbocycles. The Morgan fingerprint density at radius 3 is 2.26 bits per heavy atom. The van der Waals surface area contributed by atoms with Crippen molar-refractivity contribution in [2.24, 2.45) is 0 Å². The maximum Gasteiger partial charge on any atom is 0.408 e. The van der Waals surface area contributed by atoms with Crippen molar-refractivity contribution >= 4 is 23.7 Å². The molecule has 0 fully saturated rings. The van der Waals surface area contributed by atoms with Crippen molar-refractivity contribution in [1.29, 1.82) is 0 Å². The van der Waals surface area contributed by atoms with Gasteiger partial charge in [-0.05, 0) is 39.3 Å². The average Bonchev–Trinajstić information content (AvgIpc) is 2.56. The molecule has 0 aliphatic heterocycles. The van der Waals surface area contributed by atoms with E-state index in [1.54, 1.807) is 20.8 Å². The summed E-state index contributed by atoms with van der Waals surface area (Å²) >= 11 is 0. The maximum atomic E-state index is 12.4. The highest BCUT2D eigenvalue weighted by Crippen LogP contribution is 2.18. The molecule has 27 heavy (non-hydrogen) atoms. The number of nitro benzene ring substituents is 1. The zero-order valence-corrected chi connectivity index (χ0v) is 15.5. The molecule has 0 spiro atoms. The molecule has 0 radical (unpaired) electrons. The van der Waals surface area contributed by atoms with Crippen LogP contribution in [0.2, 0.25) is 0 Å². The largest absolute Gasteiger partial charge is 0.469 e. The van der Waals surface area contributed by atoms with Crippen LogP contribution < -0.4 is 10.1 Å². The van der Waals surface area contributed by atoms with Gasteiger partial charge in [-0.15, -0.1) is 0 Å². The molecule has 0 aliphatic rings. The summed E-state index contributed by atoms with van der Waals surface area (Å²) in [7, 11) is 1.20. The standard InChI is InChI=1S/C17H22N2O8/c1-17(2,3)27-16(22)18-13(9-10-14(20)25-4)15(21)26-12-7-5-11(6-8-12)19(23)24/h5-8,13H,9-10H2,1-4H3,(H,18,22)/t13-/m1/s1. The van der Waals surface area contributed by atoms with Crippen molar-refractivity contribution in [2.75, 3.05) is 7.11 Å². The molecule has 0 unspecified atom stereocenters. The van der Waals surface area contributed by atoms with E-state index in [1.807, 2.05) is 0 Å². The van der Waals surface area contributed by atoms with Crippen LogP contribution in [0.1, 0.15) is 33.6 Å². The Morgan fingerprint density at radius 1 is 1.19 bits per heavy atom. The second-order valence-corrected chi connectivity index (χ2v) is 6.49. The summed E-state index contributed by atoms with van der Waals surface area (Å²) in [6.07, 6.45) is -1.05. The lowest BCUT2D eigenvalue weighted by Gasteiger charge is -2.22. The average molecular weight is 382 g/mol. The Hall–Kier alpha value is -3.17. The first kappa shape index (κ1) is 21.9. The van der Waals surface area contributed by atoms with Gasteiger partial charge in [0.05, 0.1) is 12.0 Å². The second kappa shape index (κ2) is 9.51. The van der Waals surface area contributed by atoms with E-state index in [9.17, 15) is 24.5 Å². The number of rotatable bonds is 7. The number of nitrogens with zero attached hydrogens (tertiary/aromatic N) is 1. The predicted octanol–water partition coefficient (Wildman–Crippen LogP) is 2.35. The molecule has 148 valence electrons. The highest BCUT2D eigenvalue weighted by molar-refractivity contribution is 5.83. The number of hydrogen-bond acceptors (Lipinski definition) is 8. The molecule has 10 nitrogen and oxygen atoms in total. The van der Waals surface area contributed by atoms with Crippen LogP contribution >= 0.6 is 0 Å². The summed E-state index contributed by atoms with van der Waals surface area (Å²) in [4.78, 5) is 45.7. The quantitative estimate of drug-likeness (QED) is 0.329. The van der Waals surface area contributed by atoms with E-state index in [-0.39, 0.29) is 24.3 Å². The van der Waals surface area contributed by atoms with Crippen LogP contribution in [0.5, 0.6) is 5.75 Å². The minimum absolute atomic E-state index is 0.0552. The number of non-ortho nitro benzene ring substituents is 1. The number of nitrogens with one attached hydrogen (secondary N) is 1. The molecule has 0 aliphatic carbocycles. The summed E-state index contributed by atoms with van der Waals surface area (Å²) in [6.45, 7) is 4.97. The summed E-state index contributed by atoms with van der Waals surface area (Å²) in [5.41, 5.74) is -0.942. The molecule has 0 heterocycles. The van der Waals surface area contributed by atoms with Crippen molar-refractivity contribution in [1.82, 2.24) is 5.32 Å². The van der Waals surface area contributed by atoms with Crippen LogP contribution in [0.4, 0.5) is 10.5 Å². The fraction of sp³-hybridized carbons (Fsp3) is 0.471. The van der Waals surface area contributed by atoms with Crippen LogP contribution in [-0.2, 0) is 19.1 Å². The lowest BCUT2D eigenvalue weighted by Crippen LogP contribution is -2.45. The summed E-state index contributed by atoms with van der Waals surface area (Å²) in [6, 6.07) is 3.68. The normalized spacial score (nSPS) is 11.9. The third-order valence-electron chi connectivity index (χ3n) is 3.11. The Balaban J connectivity index is 2.82. The number of esters is 2. The van der Waals surface area contributed by atoms with Gasteiger partial charge in [-0.2, -0.15) is 0 Å². The number of carbonyl (C=O) groups is 3. The molecule has 10 heteroatoms. The SMILES string of the molecule is COC(=O)CC[C@@H](NC(=O)OC(C)(C)C)C(=O)Oc1ccc([N+](=O)[O-])cc1. The smallest absolute Gasteiger partial charge is 0.408 e. The number of nitro groups is 1. The van der Waals surface area contributed by atoms with Gasteiger partial charge in [0.1, 0.15) is 17.4 Å². The number of amides is 1. The van der Waals surface area contributed by atoms with Gasteiger partial charge in [-0.3, -0.25) is 14.9 Å². The van der Waals surface area contributed by atoms with Crippen molar-refractivity contribution in [3.63, 3.8) is 0 Å². The van der Waals surface area contributed by atoms with Crippen molar-refractivity contribution in [2.45, 2.75) is 45.3 Å². The van der Waals surface area contributed by atoms with E-state index in [4.69, 9.17) is 9.47 Å². The number of hydrogen-bond donors (Lipinski definition) is 1. The van der Waals surface area contributed by atoms with Crippen molar-refractivity contribution < 1.29 is 33.5 Å². The van der Waals surface area contributed by atoms with Gasteiger partial charge in [0.25, 0.3) is 5.69 Å². The van der Waals surface area contributed by atoms with Gasteiger partial charge in [-0.1, -0.05) is 0 Å². The highest BCUT2D eigenvalue weighted by Gasteiger charge is 2.27. The molecular formula is C17H22N2O8. The zero-order chi connectivity index (χ0) is 20.6. The summed E-state index contributed by atoms with van der Waals surface area (Å²) in [5.74, 6) is -1.35. The van der Waals surface area contributed by atoms with Gasteiger partial charge in [-0.25, -0.2) is 9.59 Å². The van der Waals surface area contributed by atoms with Crippen molar-refractivity contribution in [3.05, 3.63) is 34.4 Å². The lowest BCUT2D eigenvalue weighted by atomic mass is 10.1. The van der Waals surface area contributed by atoms with E-state index in [1.165, 1.54) is 31.4 Å². The summed E-state index contributed by atoms with van der Waals surface area (Å²) < 4.78 is 14.7. The van der Waals surface area contributed by atoms with E-state index in [2.05, 4.69) is 10.1 Å². The molecule has 1 aromatic rings. The van der Waals surface area contributed by atoms with E-state index in [0.29, 0.717) is 0 Å². The van der Waals surface area contributed by atoms with E-state index in [0.717, 1.165) is 0 Å². The molecule has 1 rings (SSSR count). The monoisotopic (exact) mass is 382 g/mol. The van der Waals surface area contributed by atoms with Crippen LogP contribution in [0.3, 0.4) is 0 Å². The minimum atomic E-state index is -1.17. The van der Waals surface area contributed by atoms with Crippen LogP contribution in [0.15, 0.2) is 24.3 Å². The summed E-state index contributed by atoms with van der Waals surface area (Å²) in [5, 5.41) is 13.0. The Bertz CT molecular complexity index is 694. The Kier molecular flexibility index (Phi) is 7.70. The van der Waals surface area contributed by atoms with Gasteiger partial charge >= 0.3 is 18.0 Å². The molecular weight excluding hydrogens is 360 g/mol. The first-order valence-corrected chi connectivity index (χ1v) is 8.04.